The van der Waals surface area contributed by atoms with Crippen molar-refractivity contribution in [2.75, 3.05) is 18.1 Å². The molecule has 0 radical (unpaired) electrons. The highest BCUT2D eigenvalue weighted by atomic mass is 32.2. The molecule has 156 valence electrons. The van der Waals surface area contributed by atoms with Crippen LogP contribution < -0.4 is 5.32 Å². The van der Waals surface area contributed by atoms with Crippen molar-refractivity contribution in [2.45, 2.75) is 24.9 Å². The van der Waals surface area contributed by atoms with Crippen LogP contribution in [0.2, 0.25) is 0 Å². The predicted molar refractivity (Wildman–Crippen MR) is 105 cm³/mol. The maximum Gasteiger partial charge on any atom is 0.416 e. The average Bonchev–Trinajstić information content (AvgIpc) is 2.67. The number of benzene rings is 2. The van der Waals surface area contributed by atoms with Crippen LogP contribution in [-0.4, -0.2) is 34.8 Å². The Balaban J connectivity index is 1.82. The first-order chi connectivity index (χ1) is 13.6. The second-order valence-electron chi connectivity index (χ2n) is 6.40. The number of hydrogen-bond acceptors (Lipinski definition) is 3. The van der Waals surface area contributed by atoms with Gasteiger partial charge in [0, 0.05) is 19.3 Å². The van der Waals surface area contributed by atoms with Gasteiger partial charge in [0.15, 0.2) is 0 Å². The quantitative estimate of drug-likeness (QED) is 0.658. The third-order valence-corrected chi connectivity index (χ3v) is 5.15. The van der Waals surface area contributed by atoms with Crippen molar-refractivity contribution in [3.8, 4) is 0 Å². The molecule has 0 saturated heterocycles. The molecule has 2 rings (SSSR count). The van der Waals surface area contributed by atoms with Crippen molar-refractivity contribution in [1.29, 1.82) is 0 Å². The molecule has 1 atom stereocenters. The molecule has 9 heteroatoms. The number of halogens is 4. The van der Waals surface area contributed by atoms with Crippen molar-refractivity contribution in [3.05, 3.63) is 65.5 Å². The molecule has 0 fully saturated rings. The summed E-state index contributed by atoms with van der Waals surface area (Å²) >= 11 is 1.13. The zero-order valence-corrected chi connectivity index (χ0v) is 16.6. The van der Waals surface area contributed by atoms with Gasteiger partial charge in [-0.05, 0) is 48.9 Å². The first kappa shape index (κ1) is 22.7. The summed E-state index contributed by atoms with van der Waals surface area (Å²) in [7, 11) is 1.55. The fourth-order valence-electron chi connectivity index (χ4n) is 2.46. The van der Waals surface area contributed by atoms with Gasteiger partial charge >= 0.3 is 6.18 Å². The Hall–Kier alpha value is -2.55. The van der Waals surface area contributed by atoms with Gasteiger partial charge in [0.25, 0.3) is 0 Å². The summed E-state index contributed by atoms with van der Waals surface area (Å²) in [6.45, 7) is 1.81. The lowest BCUT2D eigenvalue weighted by atomic mass is 10.1. The zero-order valence-electron chi connectivity index (χ0n) is 15.8. The second kappa shape index (κ2) is 9.78. The molecule has 2 aromatic carbocycles. The van der Waals surface area contributed by atoms with E-state index in [0.29, 0.717) is 11.3 Å². The number of amides is 2. The van der Waals surface area contributed by atoms with Gasteiger partial charge in [-0.1, -0.05) is 12.1 Å². The van der Waals surface area contributed by atoms with E-state index in [-0.39, 0.29) is 24.1 Å². The van der Waals surface area contributed by atoms with E-state index in [4.69, 9.17) is 0 Å². The normalized spacial score (nSPS) is 12.3. The molecule has 2 aromatic rings. The summed E-state index contributed by atoms with van der Waals surface area (Å²) in [5.41, 5.74) is 0.279. The Bertz CT molecular complexity index is 839. The number of hydrogen-bond donors (Lipinski definition) is 1. The number of anilines is 1. The van der Waals surface area contributed by atoms with Crippen LogP contribution in [0.25, 0.3) is 0 Å². The summed E-state index contributed by atoms with van der Waals surface area (Å²) in [6, 6.07) is 9.95. The van der Waals surface area contributed by atoms with Crippen LogP contribution in [0.15, 0.2) is 48.5 Å². The summed E-state index contributed by atoms with van der Waals surface area (Å²) in [5, 5.41) is 2.09. The SMILES string of the molecule is C[C@H](SCC(=O)Nc1ccc(F)cc1)C(=O)N(C)Cc1ccc(C(F)(F)F)cc1. The Kier molecular flexibility index (Phi) is 7.66. The van der Waals surface area contributed by atoms with Crippen LogP contribution in [0, 0.1) is 5.82 Å². The van der Waals surface area contributed by atoms with E-state index < -0.39 is 22.8 Å². The summed E-state index contributed by atoms with van der Waals surface area (Å²) in [5.74, 6) is -0.956. The fourth-order valence-corrected chi connectivity index (χ4v) is 3.26. The fraction of sp³-hybridized carbons (Fsp3) is 0.300. The third kappa shape index (κ3) is 7.08. The molecule has 0 heterocycles. The molecule has 0 spiro atoms. The smallest absolute Gasteiger partial charge is 0.340 e. The van der Waals surface area contributed by atoms with Gasteiger partial charge in [0.2, 0.25) is 11.8 Å². The topological polar surface area (TPSA) is 49.4 Å². The monoisotopic (exact) mass is 428 g/mol. The second-order valence-corrected chi connectivity index (χ2v) is 7.73. The van der Waals surface area contributed by atoms with Crippen LogP contribution in [-0.2, 0) is 22.3 Å². The molecule has 0 aromatic heterocycles. The maximum atomic E-state index is 12.9. The number of nitrogens with zero attached hydrogens (tertiary/aromatic N) is 1. The highest BCUT2D eigenvalue weighted by Crippen LogP contribution is 2.29. The number of alkyl halides is 3. The first-order valence-electron chi connectivity index (χ1n) is 8.64. The van der Waals surface area contributed by atoms with E-state index in [1.54, 1.807) is 14.0 Å². The molecule has 0 unspecified atom stereocenters. The molecule has 29 heavy (non-hydrogen) atoms. The van der Waals surface area contributed by atoms with E-state index in [2.05, 4.69) is 5.32 Å². The van der Waals surface area contributed by atoms with Crippen LogP contribution >= 0.6 is 11.8 Å². The van der Waals surface area contributed by atoms with Crippen molar-refractivity contribution in [2.24, 2.45) is 0 Å². The Morgan fingerprint density at radius 2 is 1.66 bits per heavy atom. The molecule has 0 aliphatic carbocycles. The standard InChI is InChI=1S/C20H20F4N2O2S/c1-13(29-12-18(27)25-17-9-7-16(21)8-10-17)19(28)26(2)11-14-3-5-15(6-4-14)20(22,23)24/h3-10,13H,11-12H2,1-2H3,(H,25,27)/t13-/m0/s1. The van der Waals surface area contributed by atoms with E-state index in [1.165, 1.54) is 41.3 Å². The number of rotatable bonds is 7. The molecule has 0 aliphatic rings. The number of nitrogens with one attached hydrogen (secondary N) is 1. The molecule has 2 amide bonds. The largest absolute Gasteiger partial charge is 0.416 e. The highest BCUT2D eigenvalue weighted by Gasteiger charge is 2.30. The van der Waals surface area contributed by atoms with Gasteiger partial charge in [0.05, 0.1) is 16.6 Å². The van der Waals surface area contributed by atoms with Gasteiger partial charge in [-0.2, -0.15) is 13.2 Å². The van der Waals surface area contributed by atoms with Gasteiger partial charge in [-0.15, -0.1) is 11.8 Å². The average molecular weight is 428 g/mol. The lowest BCUT2D eigenvalue weighted by molar-refractivity contribution is -0.137. The minimum atomic E-state index is -4.40. The number of carbonyl (C=O) groups excluding carboxylic acids is 2. The summed E-state index contributed by atoms with van der Waals surface area (Å²) in [4.78, 5) is 25.8. The summed E-state index contributed by atoms with van der Waals surface area (Å²) < 4.78 is 50.7. The lowest BCUT2D eigenvalue weighted by Crippen LogP contribution is -2.33. The van der Waals surface area contributed by atoms with Gasteiger partial charge in [-0.3, -0.25) is 9.59 Å². The van der Waals surface area contributed by atoms with Gasteiger partial charge < -0.3 is 10.2 Å². The molecule has 0 saturated carbocycles. The minimum absolute atomic E-state index is 0.0262. The number of carbonyl (C=O) groups is 2. The molecule has 0 aliphatic heterocycles. The lowest BCUT2D eigenvalue weighted by Gasteiger charge is -2.21. The molecular weight excluding hydrogens is 408 g/mol. The van der Waals surface area contributed by atoms with E-state index in [9.17, 15) is 27.2 Å². The van der Waals surface area contributed by atoms with E-state index in [1.807, 2.05) is 0 Å². The zero-order chi connectivity index (χ0) is 21.6. The van der Waals surface area contributed by atoms with Crippen LogP contribution in [0.1, 0.15) is 18.1 Å². The molecule has 0 bridgehead atoms. The van der Waals surface area contributed by atoms with Crippen LogP contribution in [0.5, 0.6) is 0 Å². The highest BCUT2D eigenvalue weighted by molar-refractivity contribution is 8.01. The molecule has 4 nitrogen and oxygen atoms in total. The molecular formula is C20H20F4N2O2S. The first-order valence-corrected chi connectivity index (χ1v) is 9.69. The van der Waals surface area contributed by atoms with Gasteiger partial charge in [-0.25, -0.2) is 4.39 Å². The van der Waals surface area contributed by atoms with Crippen LogP contribution in [0.3, 0.4) is 0 Å². The third-order valence-electron chi connectivity index (χ3n) is 4.02. The van der Waals surface area contributed by atoms with Crippen molar-refractivity contribution >= 4 is 29.3 Å². The number of thioether (sulfide) groups is 1. The van der Waals surface area contributed by atoms with Crippen molar-refractivity contribution in [3.63, 3.8) is 0 Å². The Morgan fingerprint density at radius 3 is 2.21 bits per heavy atom. The maximum absolute atomic E-state index is 12.9. The molecule has 1 N–H and O–H groups in total. The van der Waals surface area contributed by atoms with Crippen molar-refractivity contribution in [1.82, 2.24) is 4.90 Å². The van der Waals surface area contributed by atoms with Crippen molar-refractivity contribution < 1.29 is 27.2 Å². The van der Waals surface area contributed by atoms with E-state index >= 15 is 0 Å². The predicted octanol–water partition coefficient (Wildman–Crippen LogP) is 4.56. The van der Waals surface area contributed by atoms with Gasteiger partial charge in [0.1, 0.15) is 5.82 Å². The Labute approximate surface area is 170 Å². The Morgan fingerprint density at radius 1 is 1.07 bits per heavy atom. The summed E-state index contributed by atoms with van der Waals surface area (Å²) in [6.07, 6.45) is -4.40. The van der Waals surface area contributed by atoms with Crippen LogP contribution in [0.4, 0.5) is 23.2 Å². The minimum Gasteiger partial charge on any atom is -0.340 e. The van der Waals surface area contributed by atoms with E-state index in [0.717, 1.165) is 23.9 Å².